The van der Waals surface area contributed by atoms with Crippen LogP contribution in [0.2, 0.25) is 0 Å². The van der Waals surface area contributed by atoms with Crippen molar-refractivity contribution >= 4 is 32.3 Å². The van der Waals surface area contributed by atoms with Crippen molar-refractivity contribution in [3.63, 3.8) is 0 Å². The maximum absolute atomic E-state index is 11.6. The summed E-state index contributed by atoms with van der Waals surface area (Å²) in [4.78, 5) is 0. The fraction of sp³-hybridized carbons (Fsp3) is 0.625. The lowest BCUT2D eigenvalue weighted by molar-refractivity contribution is 0.222. The molecule has 0 unspecified atom stereocenters. The first-order valence-electron chi connectivity index (χ1n) is 22.0. The van der Waals surface area contributed by atoms with Gasteiger partial charge >= 0.3 is 0 Å². The van der Waals surface area contributed by atoms with E-state index in [9.17, 15) is 5.11 Å². The van der Waals surface area contributed by atoms with E-state index in [2.05, 4.69) is 58.9 Å². The highest BCUT2D eigenvalue weighted by molar-refractivity contribution is 6.31. The van der Waals surface area contributed by atoms with Crippen molar-refractivity contribution < 1.29 is 28.8 Å². The van der Waals surface area contributed by atoms with Crippen molar-refractivity contribution in [3.05, 3.63) is 36.4 Å². The summed E-state index contributed by atoms with van der Waals surface area (Å²) in [7, 11) is 0. The number of hydrogen-bond donors (Lipinski definition) is 1. The van der Waals surface area contributed by atoms with Gasteiger partial charge in [0.15, 0.2) is 23.0 Å². The average Bonchev–Trinajstić information content (AvgIpc) is 3.18. The Morgan fingerprint density at radius 2 is 0.667 bits per heavy atom. The number of fused-ring (bicyclic) bond motifs is 6. The Morgan fingerprint density at radius 3 is 1.09 bits per heavy atom. The Bertz CT molecular complexity index is 1660. The molecule has 0 aliphatic heterocycles. The van der Waals surface area contributed by atoms with E-state index >= 15 is 0 Å². The summed E-state index contributed by atoms with van der Waals surface area (Å²) in [6, 6.07) is 12.3. The first-order valence-corrected chi connectivity index (χ1v) is 22.0. The van der Waals surface area contributed by atoms with Gasteiger partial charge in [0, 0.05) is 16.2 Å². The molecular weight excluding hydrogens is 673 g/mol. The Hall–Kier alpha value is -3.54. The first-order chi connectivity index (χ1) is 26.6. The van der Waals surface area contributed by atoms with Gasteiger partial charge in [0.1, 0.15) is 0 Å². The highest BCUT2D eigenvalue weighted by Crippen LogP contribution is 2.57. The fourth-order valence-electron chi connectivity index (χ4n) is 7.34. The van der Waals surface area contributed by atoms with Crippen LogP contribution in [0.15, 0.2) is 36.4 Å². The number of aromatic hydroxyl groups is 1. The number of phenolic OH excluding ortho intramolecular Hbond substituents is 1. The van der Waals surface area contributed by atoms with Crippen LogP contribution in [0.1, 0.15) is 163 Å². The molecule has 4 aromatic carbocycles. The second-order valence-corrected chi connectivity index (χ2v) is 15.0. The van der Waals surface area contributed by atoms with E-state index in [0.29, 0.717) is 61.8 Å². The number of phenols is 1. The molecule has 1 N–H and O–H groups in total. The lowest BCUT2D eigenvalue weighted by Crippen LogP contribution is -2.10. The summed E-state index contributed by atoms with van der Waals surface area (Å²) >= 11 is 0. The van der Waals surface area contributed by atoms with Gasteiger partial charge in [-0.15, -0.1) is 0 Å². The summed E-state index contributed by atoms with van der Waals surface area (Å²) in [5.74, 6) is 3.24. The van der Waals surface area contributed by atoms with Crippen molar-refractivity contribution in [1.29, 1.82) is 0 Å². The minimum absolute atomic E-state index is 0.129. The molecule has 0 aliphatic rings. The van der Waals surface area contributed by atoms with Gasteiger partial charge in [0.05, 0.1) is 33.0 Å². The predicted molar refractivity (Wildman–Crippen MR) is 229 cm³/mol. The lowest BCUT2D eigenvalue weighted by Gasteiger charge is -2.25. The van der Waals surface area contributed by atoms with Crippen molar-refractivity contribution in [2.75, 3.05) is 33.0 Å². The zero-order chi connectivity index (χ0) is 38.4. The van der Waals surface area contributed by atoms with Gasteiger partial charge in [-0.05, 0) is 60.4 Å². The molecule has 0 saturated heterocycles. The van der Waals surface area contributed by atoms with Gasteiger partial charge in [-0.3, -0.25) is 0 Å². The SMILES string of the molecule is CCCCCCOc1c(OCCCCCC)c(OCCCCCC)c2c3c(OCCCCCC)c(O)ccc3c3ccccc3c2c1OCCCCCC. The van der Waals surface area contributed by atoms with Crippen LogP contribution >= 0.6 is 0 Å². The van der Waals surface area contributed by atoms with Gasteiger partial charge < -0.3 is 28.8 Å². The van der Waals surface area contributed by atoms with Crippen LogP contribution in [-0.4, -0.2) is 38.1 Å². The minimum Gasteiger partial charge on any atom is -0.504 e. The molecule has 0 aromatic heterocycles. The molecule has 0 amide bonds. The van der Waals surface area contributed by atoms with Crippen LogP contribution in [0.4, 0.5) is 0 Å². The zero-order valence-corrected chi connectivity index (χ0v) is 34.6. The first kappa shape index (κ1) is 43.2. The third-order valence-corrected chi connectivity index (χ3v) is 10.4. The van der Waals surface area contributed by atoms with Crippen LogP contribution in [0, 0.1) is 0 Å². The van der Waals surface area contributed by atoms with Crippen molar-refractivity contribution in [2.45, 2.75) is 163 Å². The third-order valence-electron chi connectivity index (χ3n) is 10.4. The topological polar surface area (TPSA) is 66.4 Å². The summed E-state index contributed by atoms with van der Waals surface area (Å²) in [6.07, 6.45) is 21.8. The van der Waals surface area contributed by atoms with Gasteiger partial charge in [-0.25, -0.2) is 0 Å². The Morgan fingerprint density at radius 1 is 0.333 bits per heavy atom. The molecule has 300 valence electrons. The van der Waals surface area contributed by atoms with E-state index in [-0.39, 0.29) is 5.75 Å². The Kier molecular flexibility index (Phi) is 19.8. The second kappa shape index (κ2) is 24.8. The van der Waals surface area contributed by atoms with E-state index < -0.39 is 0 Å². The Balaban J connectivity index is 2.07. The monoisotopic (exact) mass is 745 g/mol. The number of ether oxygens (including phenoxy) is 5. The van der Waals surface area contributed by atoms with Crippen LogP contribution in [0.3, 0.4) is 0 Å². The normalized spacial score (nSPS) is 11.5. The molecule has 4 rings (SSSR count). The molecule has 6 nitrogen and oxygen atoms in total. The largest absolute Gasteiger partial charge is 0.504 e. The number of hydrogen-bond acceptors (Lipinski definition) is 6. The molecule has 6 heteroatoms. The van der Waals surface area contributed by atoms with Gasteiger partial charge in [0.2, 0.25) is 11.5 Å². The molecule has 0 bridgehead atoms. The minimum atomic E-state index is 0.129. The number of unbranched alkanes of at least 4 members (excludes halogenated alkanes) is 15. The maximum atomic E-state index is 11.6. The molecule has 0 heterocycles. The third kappa shape index (κ3) is 12.0. The standard InChI is InChI=1S/C48H72O6/c1-6-11-16-23-32-50-44-40(49)31-30-39-37-28-21-22-29-38(37)42-43(41(39)44)46(52-34-25-18-13-8-3)48(54-36-27-20-15-10-5)47(53-35-26-19-14-9-4)45(42)51-33-24-17-12-7-2/h21-22,28-31,49H,6-20,23-27,32-36H2,1-5H3. The highest BCUT2D eigenvalue weighted by Gasteiger charge is 2.30. The fourth-order valence-corrected chi connectivity index (χ4v) is 7.34. The molecule has 0 aliphatic carbocycles. The molecule has 0 spiro atoms. The van der Waals surface area contributed by atoms with Crippen LogP contribution in [-0.2, 0) is 0 Å². The molecule has 0 atom stereocenters. The molecule has 0 radical (unpaired) electrons. The number of benzene rings is 4. The quantitative estimate of drug-likeness (QED) is 0.0424. The van der Waals surface area contributed by atoms with Crippen molar-refractivity contribution in [1.82, 2.24) is 0 Å². The molecule has 0 fully saturated rings. The number of rotatable bonds is 30. The highest BCUT2D eigenvalue weighted by atomic mass is 16.6. The van der Waals surface area contributed by atoms with Gasteiger partial charge in [-0.1, -0.05) is 155 Å². The zero-order valence-electron chi connectivity index (χ0n) is 34.6. The average molecular weight is 745 g/mol. The molecular formula is C48H72O6. The smallest absolute Gasteiger partial charge is 0.208 e. The second-order valence-electron chi connectivity index (χ2n) is 15.0. The van der Waals surface area contributed by atoms with Crippen LogP contribution in [0.25, 0.3) is 32.3 Å². The lowest BCUT2D eigenvalue weighted by atomic mass is 9.91. The van der Waals surface area contributed by atoms with E-state index in [1.54, 1.807) is 6.07 Å². The van der Waals surface area contributed by atoms with E-state index in [4.69, 9.17) is 23.7 Å². The summed E-state index contributed by atoms with van der Waals surface area (Å²) < 4.78 is 34.3. The predicted octanol–water partition coefficient (Wildman–Crippen LogP) is 14.6. The van der Waals surface area contributed by atoms with E-state index in [0.717, 1.165) is 129 Å². The van der Waals surface area contributed by atoms with Gasteiger partial charge in [-0.2, -0.15) is 0 Å². The van der Waals surface area contributed by atoms with Crippen molar-refractivity contribution in [3.8, 4) is 34.5 Å². The molecule has 0 saturated carbocycles. The Labute approximate surface area is 327 Å². The maximum Gasteiger partial charge on any atom is 0.208 e. The van der Waals surface area contributed by atoms with Crippen molar-refractivity contribution in [2.24, 2.45) is 0 Å². The van der Waals surface area contributed by atoms with E-state index in [1.807, 2.05) is 6.07 Å². The summed E-state index contributed by atoms with van der Waals surface area (Å²) in [5.41, 5.74) is 0. The van der Waals surface area contributed by atoms with E-state index in [1.165, 1.54) is 32.1 Å². The summed E-state index contributed by atoms with van der Waals surface area (Å²) in [6.45, 7) is 13.9. The van der Waals surface area contributed by atoms with Crippen LogP contribution in [0.5, 0.6) is 34.5 Å². The molecule has 54 heavy (non-hydrogen) atoms. The van der Waals surface area contributed by atoms with Gasteiger partial charge in [0.25, 0.3) is 0 Å². The summed E-state index contributed by atoms with van der Waals surface area (Å²) in [5, 5.41) is 17.4. The molecule has 4 aromatic rings. The van der Waals surface area contributed by atoms with Crippen LogP contribution < -0.4 is 23.7 Å².